The number of rotatable bonds is 8. The van der Waals surface area contributed by atoms with Crippen LogP contribution in [0.4, 0.5) is 13.2 Å². The number of carbonyl (C=O) groups excluding carboxylic acids is 1. The summed E-state index contributed by atoms with van der Waals surface area (Å²) in [6.07, 6.45) is 8.47. The number of hydrogen-bond donors (Lipinski definition) is 1. The number of amides is 1. The van der Waals surface area contributed by atoms with Crippen LogP contribution in [0.1, 0.15) is 45.5 Å². The summed E-state index contributed by atoms with van der Waals surface area (Å²) in [6.45, 7) is 11.1. The number of halogens is 3. The Kier molecular flexibility index (Phi) is 10.8. The highest BCUT2D eigenvalue weighted by molar-refractivity contribution is 5.92. The number of imidazole rings is 1. The van der Waals surface area contributed by atoms with Gasteiger partial charge in [0.2, 0.25) is 0 Å². The highest BCUT2D eigenvalue weighted by Crippen LogP contribution is 2.28. The summed E-state index contributed by atoms with van der Waals surface area (Å²) in [6, 6.07) is 6.58. The number of carbonyl (C=O) groups is 1. The van der Waals surface area contributed by atoms with Crippen molar-refractivity contribution in [3.63, 3.8) is 0 Å². The van der Waals surface area contributed by atoms with Crippen LogP contribution in [0.25, 0.3) is 11.0 Å². The zero-order chi connectivity index (χ0) is 29.2. The maximum Gasteiger partial charge on any atom is 0.290 e. The van der Waals surface area contributed by atoms with E-state index in [4.69, 9.17) is 9.15 Å². The van der Waals surface area contributed by atoms with Gasteiger partial charge < -0.3 is 19.0 Å². The lowest BCUT2D eigenvalue weighted by molar-refractivity contribution is -0.131. The van der Waals surface area contributed by atoms with Crippen LogP contribution in [0, 0.1) is 5.82 Å². The van der Waals surface area contributed by atoms with Gasteiger partial charge in [-0.3, -0.25) is 4.79 Å². The average molecular weight is 554 g/mol. The van der Waals surface area contributed by atoms with Gasteiger partial charge in [-0.1, -0.05) is 49.9 Å². The van der Waals surface area contributed by atoms with Gasteiger partial charge in [0.1, 0.15) is 5.76 Å². The van der Waals surface area contributed by atoms with Gasteiger partial charge in [0.05, 0.1) is 30.5 Å². The molecule has 1 amide bonds. The largest absolute Gasteiger partial charge is 0.461 e. The predicted octanol–water partition coefficient (Wildman–Crippen LogP) is 7.79. The Morgan fingerprint density at radius 1 is 1.23 bits per heavy atom. The van der Waals surface area contributed by atoms with E-state index in [1.165, 1.54) is 24.2 Å². The van der Waals surface area contributed by atoms with Gasteiger partial charge in [-0.2, -0.15) is 0 Å². The van der Waals surface area contributed by atoms with Crippen LogP contribution in [-0.4, -0.2) is 33.7 Å². The molecule has 1 aliphatic rings. The molecule has 0 spiro atoms. The first-order valence-corrected chi connectivity index (χ1v) is 12.9. The van der Waals surface area contributed by atoms with E-state index < -0.39 is 12.3 Å². The fourth-order valence-corrected chi connectivity index (χ4v) is 4.07. The zero-order valence-electron chi connectivity index (χ0n) is 23.1. The lowest BCUT2D eigenvalue weighted by Gasteiger charge is -2.28. The first-order valence-electron chi connectivity index (χ1n) is 12.9. The van der Waals surface area contributed by atoms with E-state index in [9.17, 15) is 18.0 Å². The Morgan fingerprint density at radius 3 is 2.65 bits per heavy atom. The number of aromatic amines is 1. The monoisotopic (exact) mass is 553 g/mol. The molecule has 3 heterocycles. The molecule has 0 saturated carbocycles. The number of nitrogens with zero attached hydrogens (tertiary/aromatic N) is 2. The summed E-state index contributed by atoms with van der Waals surface area (Å²) < 4.78 is 50.7. The molecule has 212 valence electrons. The Labute approximate surface area is 232 Å². The van der Waals surface area contributed by atoms with Crippen LogP contribution < -0.4 is 0 Å². The molecular weight excluding hydrogens is 519 g/mol. The number of ether oxygens (including phenoxy) is 1. The third kappa shape index (κ3) is 7.43. The van der Waals surface area contributed by atoms with Crippen LogP contribution >= 0.6 is 0 Å². The van der Waals surface area contributed by atoms with E-state index in [0.717, 1.165) is 27.9 Å². The summed E-state index contributed by atoms with van der Waals surface area (Å²) >= 11 is 0. The molecule has 2 aromatic heterocycles. The van der Waals surface area contributed by atoms with E-state index in [0.29, 0.717) is 30.7 Å². The molecule has 3 aromatic rings. The molecule has 6 nitrogen and oxygen atoms in total. The minimum atomic E-state index is -2.80. The number of para-hydroxylation sites is 1. The summed E-state index contributed by atoms with van der Waals surface area (Å²) in [5.41, 5.74) is 3.25. The van der Waals surface area contributed by atoms with E-state index >= 15 is 0 Å². The molecule has 0 atom stereocenters. The van der Waals surface area contributed by atoms with Crippen LogP contribution in [0.2, 0.25) is 0 Å². The Hall–Kier alpha value is -4.27. The number of fused-ring (bicyclic) bond motifs is 2. The van der Waals surface area contributed by atoms with Crippen LogP contribution in [-0.2, 0) is 22.5 Å². The number of hydrogen-bond acceptors (Lipinski definition) is 4. The van der Waals surface area contributed by atoms with Crippen LogP contribution in [0.15, 0.2) is 100 Å². The highest BCUT2D eigenvalue weighted by atomic mass is 19.3. The van der Waals surface area contributed by atoms with Gasteiger partial charge in [0.25, 0.3) is 12.3 Å². The molecule has 0 unspecified atom stereocenters. The SMILES string of the molecule is C=C/C=C\C=C(/CC)C(O/C(C(=O)N1CCc2nc[nH]c2C1)=C(\C)C(F)F)=C(C)C.Fc1cccc2ccoc12. The van der Waals surface area contributed by atoms with E-state index in [1.807, 2.05) is 32.9 Å². The molecule has 0 radical (unpaired) electrons. The van der Waals surface area contributed by atoms with Gasteiger partial charge in [0, 0.05) is 23.9 Å². The van der Waals surface area contributed by atoms with Crippen molar-refractivity contribution < 1.29 is 27.1 Å². The van der Waals surface area contributed by atoms with E-state index in [1.54, 1.807) is 36.7 Å². The number of aromatic nitrogens is 2. The maximum absolute atomic E-state index is 13.6. The second-order valence-corrected chi connectivity index (χ2v) is 9.29. The molecular formula is C31H34F3N3O3. The Bertz CT molecular complexity index is 1460. The van der Waals surface area contributed by atoms with Crippen LogP contribution in [0.5, 0.6) is 0 Å². The third-order valence-corrected chi connectivity index (χ3v) is 6.25. The zero-order valence-corrected chi connectivity index (χ0v) is 23.1. The minimum Gasteiger partial charge on any atom is -0.461 e. The number of furan rings is 1. The lowest BCUT2D eigenvalue weighted by Crippen LogP contribution is -2.38. The molecule has 0 bridgehead atoms. The number of alkyl halides is 2. The van der Waals surface area contributed by atoms with Crippen LogP contribution in [0.3, 0.4) is 0 Å². The van der Waals surface area contributed by atoms with Crippen molar-refractivity contribution in [1.29, 1.82) is 0 Å². The average Bonchev–Trinajstić information content (AvgIpc) is 3.62. The van der Waals surface area contributed by atoms with Crippen molar-refractivity contribution in [3.8, 4) is 0 Å². The van der Waals surface area contributed by atoms with Crippen molar-refractivity contribution in [3.05, 3.63) is 113 Å². The highest BCUT2D eigenvalue weighted by Gasteiger charge is 2.30. The summed E-state index contributed by atoms with van der Waals surface area (Å²) in [5.74, 6) is -0.753. The third-order valence-electron chi connectivity index (χ3n) is 6.25. The normalized spacial score (nSPS) is 14.0. The van der Waals surface area contributed by atoms with E-state index in [-0.39, 0.29) is 23.7 Å². The molecule has 0 aliphatic carbocycles. The molecule has 9 heteroatoms. The molecule has 1 aromatic carbocycles. The number of benzene rings is 1. The number of H-pyrrole nitrogens is 1. The molecule has 0 fully saturated rings. The van der Waals surface area contributed by atoms with E-state index in [2.05, 4.69) is 16.5 Å². The van der Waals surface area contributed by atoms with Gasteiger partial charge in [-0.25, -0.2) is 18.2 Å². The van der Waals surface area contributed by atoms with Crippen molar-refractivity contribution >= 4 is 16.9 Å². The molecule has 40 heavy (non-hydrogen) atoms. The standard InChI is InChI=1S/C23H29F2N3O2.C8H5FO/c1-6-8-9-10-17(7-2)20(15(3)4)30-21(16(5)22(24)25)23(29)28-12-11-18-19(13-28)27-14-26-18;9-7-3-1-2-6-4-5-10-8(6)7/h6,8-10,14,22H,1,7,11-13H2,2-5H3,(H,26,27);1-5H/b9-8-,17-10+,21-16+;. The minimum absolute atomic E-state index is 0.278. The Morgan fingerprint density at radius 2 is 2.00 bits per heavy atom. The quantitative estimate of drug-likeness (QED) is 0.176. The topological polar surface area (TPSA) is 71.4 Å². The Balaban J connectivity index is 0.000000364. The molecule has 0 saturated heterocycles. The molecule has 1 N–H and O–H groups in total. The number of nitrogens with one attached hydrogen (secondary N) is 1. The van der Waals surface area contributed by atoms with Gasteiger partial charge in [-0.05, 0) is 50.5 Å². The smallest absolute Gasteiger partial charge is 0.290 e. The molecule has 1 aliphatic heterocycles. The molecule has 4 rings (SSSR count). The number of allylic oxidation sites excluding steroid dienone is 7. The second kappa shape index (κ2) is 14.2. The first-order chi connectivity index (χ1) is 19.2. The maximum atomic E-state index is 13.6. The van der Waals surface area contributed by atoms with Crippen molar-refractivity contribution in [2.24, 2.45) is 0 Å². The summed E-state index contributed by atoms with van der Waals surface area (Å²) in [4.78, 5) is 21.9. The summed E-state index contributed by atoms with van der Waals surface area (Å²) in [7, 11) is 0. The predicted molar refractivity (Wildman–Crippen MR) is 150 cm³/mol. The first kappa shape index (κ1) is 30.3. The van der Waals surface area contributed by atoms with Gasteiger partial charge >= 0.3 is 0 Å². The fraction of sp³-hybridized carbons (Fsp3) is 0.290. The van der Waals surface area contributed by atoms with Crippen molar-refractivity contribution in [1.82, 2.24) is 14.9 Å². The van der Waals surface area contributed by atoms with Crippen molar-refractivity contribution in [2.45, 2.75) is 53.5 Å². The van der Waals surface area contributed by atoms with Gasteiger partial charge in [-0.15, -0.1) is 0 Å². The fourth-order valence-electron chi connectivity index (χ4n) is 4.07. The lowest BCUT2D eigenvalue weighted by atomic mass is 10.1. The summed E-state index contributed by atoms with van der Waals surface area (Å²) in [5, 5.41) is 0.806. The second-order valence-electron chi connectivity index (χ2n) is 9.29. The van der Waals surface area contributed by atoms with Crippen molar-refractivity contribution in [2.75, 3.05) is 6.54 Å². The van der Waals surface area contributed by atoms with Gasteiger partial charge in [0.15, 0.2) is 17.2 Å².